The van der Waals surface area contributed by atoms with Gasteiger partial charge in [0.05, 0.1) is 7.11 Å². The van der Waals surface area contributed by atoms with Gasteiger partial charge in [-0.05, 0) is 5.56 Å². The summed E-state index contributed by atoms with van der Waals surface area (Å²) in [5.74, 6) is -0.640. The van der Waals surface area contributed by atoms with Gasteiger partial charge in [-0.3, -0.25) is 4.79 Å². The molecular weight excluding hydrogens is 197 g/mol. The van der Waals surface area contributed by atoms with E-state index < -0.39 is 18.1 Å². The van der Waals surface area contributed by atoms with Crippen molar-refractivity contribution >= 4 is 5.97 Å². The highest BCUT2D eigenvalue weighted by atomic mass is 19.1. The molecule has 0 amide bonds. The highest BCUT2D eigenvalue weighted by molar-refractivity contribution is 5.83. The van der Waals surface area contributed by atoms with Gasteiger partial charge in [0.1, 0.15) is 12.1 Å². The first kappa shape index (κ1) is 11.7. The lowest BCUT2D eigenvalue weighted by Gasteiger charge is -2.26. The number of hydrogen-bond donors (Lipinski definition) is 1. The SMILES string of the molecule is COC(=O)C(CN)(CF)c1ccccc1. The third-order valence-electron chi connectivity index (χ3n) is 2.48. The lowest BCUT2D eigenvalue weighted by molar-refractivity contribution is -0.147. The smallest absolute Gasteiger partial charge is 0.320 e. The summed E-state index contributed by atoms with van der Waals surface area (Å²) in [5.41, 5.74) is 4.66. The first-order chi connectivity index (χ1) is 7.21. The molecule has 1 unspecified atom stereocenters. The van der Waals surface area contributed by atoms with E-state index in [1.807, 2.05) is 0 Å². The predicted octanol–water partition coefficient (Wildman–Crippen LogP) is 1.03. The number of halogens is 1. The molecule has 0 aromatic heterocycles. The number of methoxy groups -OCH3 is 1. The molecule has 1 atom stereocenters. The van der Waals surface area contributed by atoms with Gasteiger partial charge in [-0.2, -0.15) is 0 Å². The normalized spacial score (nSPS) is 14.3. The van der Waals surface area contributed by atoms with Crippen LogP contribution in [0.15, 0.2) is 30.3 Å². The number of nitrogens with two attached hydrogens (primary N) is 1. The largest absolute Gasteiger partial charge is 0.468 e. The van der Waals surface area contributed by atoms with Crippen molar-refractivity contribution in [3.63, 3.8) is 0 Å². The second kappa shape index (κ2) is 4.89. The fraction of sp³-hybridized carbons (Fsp3) is 0.364. The summed E-state index contributed by atoms with van der Waals surface area (Å²) in [6.07, 6.45) is 0. The lowest BCUT2D eigenvalue weighted by Crippen LogP contribution is -2.45. The van der Waals surface area contributed by atoms with Gasteiger partial charge >= 0.3 is 5.97 Å². The second-order valence-electron chi connectivity index (χ2n) is 3.28. The van der Waals surface area contributed by atoms with Crippen molar-refractivity contribution < 1.29 is 13.9 Å². The van der Waals surface area contributed by atoms with E-state index >= 15 is 0 Å². The molecule has 0 radical (unpaired) electrons. The van der Waals surface area contributed by atoms with E-state index in [9.17, 15) is 9.18 Å². The molecule has 4 heteroatoms. The average Bonchev–Trinajstić information content (AvgIpc) is 2.32. The van der Waals surface area contributed by atoms with Crippen LogP contribution in [0.2, 0.25) is 0 Å². The number of carbonyl (C=O) groups is 1. The summed E-state index contributed by atoms with van der Waals surface area (Å²) in [7, 11) is 1.23. The number of rotatable bonds is 4. The minimum absolute atomic E-state index is 0.111. The minimum atomic E-state index is -1.37. The molecule has 0 spiro atoms. The van der Waals surface area contributed by atoms with Crippen molar-refractivity contribution in [3.05, 3.63) is 35.9 Å². The molecule has 82 valence electrons. The summed E-state index contributed by atoms with van der Waals surface area (Å²) in [5, 5.41) is 0. The monoisotopic (exact) mass is 211 g/mol. The minimum Gasteiger partial charge on any atom is -0.468 e. The maximum Gasteiger partial charge on any atom is 0.320 e. The molecule has 0 bridgehead atoms. The van der Waals surface area contributed by atoms with E-state index in [0.717, 1.165) is 0 Å². The van der Waals surface area contributed by atoms with Gasteiger partial charge in [-0.25, -0.2) is 4.39 Å². The van der Waals surface area contributed by atoms with Gasteiger partial charge in [-0.1, -0.05) is 30.3 Å². The number of alkyl halides is 1. The summed E-state index contributed by atoms with van der Waals surface area (Å²) >= 11 is 0. The van der Waals surface area contributed by atoms with Crippen LogP contribution in [0.1, 0.15) is 5.56 Å². The second-order valence-corrected chi connectivity index (χ2v) is 3.28. The molecule has 0 aliphatic heterocycles. The molecule has 0 aliphatic carbocycles. The highest BCUT2D eigenvalue weighted by Gasteiger charge is 2.40. The molecule has 1 aromatic rings. The van der Waals surface area contributed by atoms with Crippen molar-refractivity contribution in [2.75, 3.05) is 20.3 Å². The van der Waals surface area contributed by atoms with Crippen LogP contribution in [0.4, 0.5) is 4.39 Å². The van der Waals surface area contributed by atoms with Gasteiger partial charge in [0.15, 0.2) is 0 Å². The number of carbonyl (C=O) groups excluding carboxylic acids is 1. The molecule has 0 fully saturated rings. The zero-order valence-electron chi connectivity index (χ0n) is 8.57. The molecule has 3 nitrogen and oxygen atoms in total. The fourth-order valence-electron chi connectivity index (χ4n) is 1.46. The first-order valence-electron chi connectivity index (χ1n) is 4.61. The zero-order valence-corrected chi connectivity index (χ0v) is 8.57. The average molecular weight is 211 g/mol. The summed E-state index contributed by atoms with van der Waals surface area (Å²) < 4.78 is 17.6. The van der Waals surface area contributed by atoms with Gasteiger partial charge in [0, 0.05) is 6.54 Å². The number of benzene rings is 1. The van der Waals surface area contributed by atoms with E-state index in [0.29, 0.717) is 5.56 Å². The van der Waals surface area contributed by atoms with Gasteiger partial charge in [0.25, 0.3) is 0 Å². The molecule has 1 rings (SSSR count). The van der Waals surface area contributed by atoms with Crippen LogP contribution in [0, 0.1) is 0 Å². The van der Waals surface area contributed by atoms with E-state index in [2.05, 4.69) is 4.74 Å². The van der Waals surface area contributed by atoms with Gasteiger partial charge in [-0.15, -0.1) is 0 Å². The Bertz CT molecular complexity index is 323. The van der Waals surface area contributed by atoms with Crippen molar-refractivity contribution in [2.24, 2.45) is 5.73 Å². The Labute approximate surface area is 88.0 Å². The van der Waals surface area contributed by atoms with Crippen LogP contribution in [0.25, 0.3) is 0 Å². The molecule has 1 aromatic carbocycles. The van der Waals surface area contributed by atoms with Crippen molar-refractivity contribution in [1.29, 1.82) is 0 Å². The third-order valence-corrected chi connectivity index (χ3v) is 2.48. The molecule has 0 saturated heterocycles. The number of esters is 1. The molecule has 0 saturated carbocycles. The van der Waals surface area contributed by atoms with Crippen LogP contribution in [-0.4, -0.2) is 26.3 Å². The van der Waals surface area contributed by atoms with Crippen molar-refractivity contribution in [3.8, 4) is 0 Å². The Morgan fingerprint density at radius 2 is 2.07 bits per heavy atom. The van der Waals surface area contributed by atoms with E-state index in [1.54, 1.807) is 30.3 Å². The third kappa shape index (κ3) is 1.99. The van der Waals surface area contributed by atoms with Crippen LogP contribution in [0.5, 0.6) is 0 Å². The van der Waals surface area contributed by atoms with Crippen LogP contribution in [-0.2, 0) is 14.9 Å². The van der Waals surface area contributed by atoms with Gasteiger partial charge < -0.3 is 10.5 Å². The standard InChI is InChI=1S/C11H14FNO2/c1-15-10(14)11(7-12,8-13)9-5-3-2-4-6-9/h2-6H,7-8,13H2,1H3. The van der Waals surface area contributed by atoms with E-state index in [1.165, 1.54) is 7.11 Å². The Morgan fingerprint density at radius 1 is 1.47 bits per heavy atom. The van der Waals surface area contributed by atoms with Crippen LogP contribution in [0.3, 0.4) is 0 Å². The quantitative estimate of drug-likeness (QED) is 0.757. The van der Waals surface area contributed by atoms with E-state index in [-0.39, 0.29) is 6.54 Å². The molecular formula is C11H14FNO2. The topological polar surface area (TPSA) is 52.3 Å². The Balaban J connectivity index is 3.17. The fourth-order valence-corrected chi connectivity index (χ4v) is 1.46. The predicted molar refractivity (Wildman–Crippen MR) is 55.2 cm³/mol. The number of ether oxygens (including phenoxy) is 1. The van der Waals surface area contributed by atoms with Gasteiger partial charge in [0.2, 0.25) is 0 Å². The molecule has 2 N–H and O–H groups in total. The Morgan fingerprint density at radius 3 is 2.47 bits per heavy atom. The summed E-state index contributed by atoms with van der Waals surface area (Å²) in [4.78, 5) is 11.6. The highest BCUT2D eigenvalue weighted by Crippen LogP contribution is 2.25. The maximum atomic E-state index is 13.1. The number of hydrogen-bond acceptors (Lipinski definition) is 3. The Kier molecular flexibility index (Phi) is 3.80. The maximum absolute atomic E-state index is 13.1. The molecule has 15 heavy (non-hydrogen) atoms. The van der Waals surface area contributed by atoms with E-state index in [4.69, 9.17) is 5.73 Å². The van der Waals surface area contributed by atoms with Crippen molar-refractivity contribution in [2.45, 2.75) is 5.41 Å². The zero-order chi connectivity index (χ0) is 11.3. The molecule has 0 heterocycles. The summed E-state index contributed by atoms with van der Waals surface area (Å²) in [6.45, 7) is -0.972. The first-order valence-corrected chi connectivity index (χ1v) is 4.61. The Hall–Kier alpha value is -1.42. The lowest BCUT2D eigenvalue weighted by atomic mass is 9.82. The van der Waals surface area contributed by atoms with Crippen LogP contribution < -0.4 is 5.73 Å². The molecule has 0 aliphatic rings. The van der Waals surface area contributed by atoms with Crippen LogP contribution >= 0.6 is 0 Å². The van der Waals surface area contributed by atoms with Crippen molar-refractivity contribution in [1.82, 2.24) is 0 Å². The summed E-state index contributed by atoms with van der Waals surface area (Å²) in [6, 6.07) is 8.60.